The van der Waals surface area contributed by atoms with Crippen LogP contribution < -0.4 is 5.73 Å². The number of halogens is 2. The molecule has 6 heteroatoms. The van der Waals surface area contributed by atoms with Gasteiger partial charge < -0.3 is 15.2 Å². The van der Waals surface area contributed by atoms with Crippen molar-refractivity contribution in [2.24, 2.45) is 11.7 Å². The van der Waals surface area contributed by atoms with Gasteiger partial charge in [0.1, 0.15) is 17.7 Å². The highest BCUT2D eigenvalue weighted by Crippen LogP contribution is 2.22. The number of carbonyl (C=O) groups is 1. The van der Waals surface area contributed by atoms with E-state index in [4.69, 9.17) is 15.2 Å². The summed E-state index contributed by atoms with van der Waals surface area (Å²) in [5, 5.41) is 0. The fraction of sp³-hybridized carbons (Fsp3) is 0.500. The summed E-state index contributed by atoms with van der Waals surface area (Å²) in [5.41, 5.74) is 6.27. The molecule has 0 spiro atoms. The van der Waals surface area contributed by atoms with Gasteiger partial charge in [0.25, 0.3) is 0 Å². The molecule has 1 heterocycles. The van der Waals surface area contributed by atoms with Crippen LogP contribution in [0.3, 0.4) is 0 Å². The third kappa shape index (κ3) is 3.74. The summed E-state index contributed by atoms with van der Waals surface area (Å²) in [7, 11) is 0. The molecule has 1 aromatic rings. The number of hydrogen-bond donors (Lipinski definition) is 1. The van der Waals surface area contributed by atoms with Crippen LogP contribution in [0.4, 0.5) is 8.78 Å². The van der Waals surface area contributed by atoms with Gasteiger partial charge in [0.2, 0.25) is 0 Å². The number of hydrogen-bond acceptors (Lipinski definition) is 4. The number of carbonyl (C=O) groups excluding carboxylic acids is 1. The van der Waals surface area contributed by atoms with E-state index in [1.54, 1.807) is 6.92 Å². The van der Waals surface area contributed by atoms with Crippen molar-refractivity contribution in [3.63, 3.8) is 0 Å². The van der Waals surface area contributed by atoms with Crippen molar-refractivity contribution < 1.29 is 23.0 Å². The van der Waals surface area contributed by atoms with E-state index in [1.807, 2.05) is 0 Å². The molecule has 1 aromatic carbocycles. The van der Waals surface area contributed by atoms with Crippen molar-refractivity contribution in [3.05, 3.63) is 35.4 Å². The molecule has 1 aliphatic rings. The molecule has 3 atom stereocenters. The van der Waals surface area contributed by atoms with Crippen LogP contribution in [-0.4, -0.2) is 24.7 Å². The van der Waals surface area contributed by atoms with Crippen LogP contribution in [-0.2, 0) is 20.9 Å². The largest absolute Gasteiger partial charge is 0.460 e. The zero-order valence-corrected chi connectivity index (χ0v) is 11.1. The van der Waals surface area contributed by atoms with Crippen LogP contribution in [0.15, 0.2) is 18.2 Å². The highest BCUT2D eigenvalue weighted by molar-refractivity contribution is 5.74. The second-order valence-corrected chi connectivity index (χ2v) is 5.07. The minimum atomic E-state index is -0.647. The number of esters is 1. The number of nitrogens with two attached hydrogens (primary N) is 1. The highest BCUT2D eigenvalue weighted by Gasteiger charge is 2.34. The Morgan fingerprint density at radius 2 is 2.05 bits per heavy atom. The molecule has 0 radical (unpaired) electrons. The Morgan fingerprint density at radius 3 is 2.60 bits per heavy atom. The molecule has 4 nitrogen and oxygen atoms in total. The summed E-state index contributed by atoms with van der Waals surface area (Å²) in [5.74, 6) is -1.70. The van der Waals surface area contributed by atoms with Crippen molar-refractivity contribution in [2.45, 2.75) is 32.1 Å². The molecule has 1 fully saturated rings. The van der Waals surface area contributed by atoms with Gasteiger partial charge in [-0.25, -0.2) is 8.78 Å². The lowest BCUT2D eigenvalue weighted by molar-refractivity contribution is -0.145. The Balaban J connectivity index is 1.79. The first-order valence-electron chi connectivity index (χ1n) is 6.44. The molecular weight excluding hydrogens is 268 g/mol. The van der Waals surface area contributed by atoms with Gasteiger partial charge in [-0.1, -0.05) is 6.92 Å². The second kappa shape index (κ2) is 6.28. The topological polar surface area (TPSA) is 61.6 Å². The average Bonchev–Trinajstić information content (AvgIpc) is 2.68. The molecule has 0 aliphatic carbocycles. The van der Waals surface area contributed by atoms with Gasteiger partial charge in [0.05, 0.1) is 25.2 Å². The standard InChI is InChI=1S/C14H17F2NO3/c1-8-2-13(20-14(8)18)12(17)7-19-6-9-3-10(15)5-11(16)4-9/h3-5,8,12-13H,2,6-7,17H2,1H3. The van der Waals surface area contributed by atoms with Gasteiger partial charge in [-0.15, -0.1) is 0 Å². The van der Waals surface area contributed by atoms with Crippen molar-refractivity contribution in [1.29, 1.82) is 0 Å². The average molecular weight is 285 g/mol. The van der Waals surface area contributed by atoms with E-state index >= 15 is 0 Å². The molecule has 2 N–H and O–H groups in total. The first-order chi connectivity index (χ1) is 9.45. The van der Waals surface area contributed by atoms with E-state index in [-0.39, 0.29) is 31.2 Å². The first kappa shape index (κ1) is 14.9. The van der Waals surface area contributed by atoms with E-state index in [2.05, 4.69) is 0 Å². The summed E-state index contributed by atoms with van der Waals surface area (Å²) in [6.45, 7) is 1.99. The minimum absolute atomic E-state index is 0.0542. The summed E-state index contributed by atoms with van der Waals surface area (Å²) in [6, 6.07) is 2.76. The molecular formula is C14H17F2NO3. The molecule has 0 aromatic heterocycles. The van der Waals surface area contributed by atoms with Crippen LogP contribution in [0.1, 0.15) is 18.9 Å². The Kier molecular flexibility index (Phi) is 4.67. The zero-order chi connectivity index (χ0) is 14.7. The molecule has 0 amide bonds. The third-order valence-electron chi connectivity index (χ3n) is 3.23. The summed E-state index contributed by atoms with van der Waals surface area (Å²) >= 11 is 0. The lowest BCUT2D eigenvalue weighted by atomic mass is 10.0. The number of ether oxygens (including phenoxy) is 2. The quantitative estimate of drug-likeness (QED) is 0.837. The SMILES string of the molecule is CC1CC(C(N)COCc2cc(F)cc(F)c2)OC1=O. The van der Waals surface area contributed by atoms with Gasteiger partial charge in [-0.2, -0.15) is 0 Å². The molecule has 20 heavy (non-hydrogen) atoms. The third-order valence-corrected chi connectivity index (χ3v) is 3.23. The summed E-state index contributed by atoms with van der Waals surface area (Å²) in [4.78, 5) is 11.3. The summed E-state index contributed by atoms with van der Waals surface area (Å²) in [6.07, 6.45) is 0.208. The van der Waals surface area contributed by atoms with Crippen LogP contribution in [0.25, 0.3) is 0 Å². The molecule has 0 bridgehead atoms. The van der Waals surface area contributed by atoms with Gasteiger partial charge in [-0.3, -0.25) is 4.79 Å². The van der Waals surface area contributed by atoms with Crippen molar-refractivity contribution in [3.8, 4) is 0 Å². The highest BCUT2D eigenvalue weighted by atomic mass is 19.1. The molecule has 2 rings (SSSR count). The Labute approximate surface area is 115 Å². The molecule has 110 valence electrons. The predicted octanol–water partition coefficient (Wildman–Crippen LogP) is 1.76. The van der Waals surface area contributed by atoms with E-state index in [9.17, 15) is 13.6 Å². The van der Waals surface area contributed by atoms with Crippen molar-refractivity contribution in [1.82, 2.24) is 0 Å². The number of cyclic esters (lactones) is 1. The van der Waals surface area contributed by atoms with Crippen LogP contribution in [0.5, 0.6) is 0 Å². The van der Waals surface area contributed by atoms with Crippen molar-refractivity contribution >= 4 is 5.97 Å². The fourth-order valence-electron chi connectivity index (χ4n) is 2.13. The van der Waals surface area contributed by atoms with E-state index in [0.29, 0.717) is 12.0 Å². The zero-order valence-electron chi connectivity index (χ0n) is 11.1. The molecule has 1 saturated heterocycles. The minimum Gasteiger partial charge on any atom is -0.460 e. The molecule has 0 saturated carbocycles. The lowest BCUT2D eigenvalue weighted by Gasteiger charge is -2.18. The predicted molar refractivity (Wildman–Crippen MR) is 67.7 cm³/mol. The van der Waals surface area contributed by atoms with E-state index < -0.39 is 17.7 Å². The van der Waals surface area contributed by atoms with Gasteiger partial charge in [0, 0.05) is 6.07 Å². The molecule has 3 unspecified atom stereocenters. The Morgan fingerprint density at radius 1 is 1.40 bits per heavy atom. The van der Waals surface area contributed by atoms with Crippen LogP contribution in [0.2, 0.25) is 0 Å². The monoisotopic (exact) mass is 285 g/mol. The second-order valence-electron chi connectivity index (χ2n) is 5.07. The van der Waals surface area contributed by atoms with Crippen LogP contribution in [0, 0.1) is 17.6 Å². The van der Waals surface area contributed by atoms with Gasteiger partial charge in [-0.05, 0) is 24.1 Å². The van der Waals surface area contributed by atoms with Crippen LogP contribution >= 0.6 is 0 Å². The summed E-state index contributed by atoms with van der Waals surface area (Å²) < 4.78 is 36.4. The van der Waals surface area contributed by atoms with Gasteiger partial charge >= 0.3 is 5.97 Å². The van der Waals surface area contributed by atoms with Gasteiger partial charge in [0.15, 0.2) is 0 Å². The maximum Gasteiger partial charge on any atom is 0.309 e. The lowest BCUT2D eigenvalue weighted by Crippen LogP contribution is -2.38. The Hall–Kier alpha value is -1.53. The molecule has 1 aliphatic heterocycles. The number of rotatable bonds is 5. The maximum absolute atomic E-state index is 13.0. The van der Waals surface area contributed by atoms with E-state index in [0.717, 1.165) is 6.07 Å². The van der Waals surface area contributed by atoms with E-state index in [1.165, 1.54) is 12.1 Å². The first-order valence-corrected chi connectivity index (χ1v) is 6.44. The van der Waals surface area contributed by atoms with Crippen molar-refractivity contribution in [2.75, 3.05) is 6.61 Å². The normalized spacial score (nSPS) is 23.7. The smallest absolute Gasteiger partial charge is 0.309 e. The fourth-order valence-corrected chi connectivity index (χ4v) is 2.13. The Bertz CT molecular complexity index is 475. The maximum atomic E-state index is 13.0. The number of benzene rings is 1.